The average Bonchev–Trinajstić information content (AvgIpc) is 3.64. The summed E-state index contributed by atoms with van der Waals surface area (Å²) in [6.45, 7) is 0. The highest BCUT2D eigenvalue weighted by atomic mass is 28.3. The van der Waals surface area contributed by atoms with Crippen LogP contribution in [-0.2, 0) is 0 Å². The zero-order valence-electron chi connectivity index (χ0n) is 44.8. The summed E-state index contributed by atoms with van der Waals surface area (Å²) in [4.78, 5) is 16.2. The van der Waals surface area contributed by atoms with Gasteiger partial charge < -0.3 is 0 Å². The SMILES string of the molecule is c1ccc([Si](c2ccccc2)(c2ccccc2)c2ccc(-c3nc(-c4ccc([Si](c5ccccc5)(c5ccccc5)c5ccccc5)cc4)nc(-c4ccc([Si](c5ccccc5)(c5ccccc5)c5ccccc5)cc4)n3)cc2)cc1. The lowest BCUT2D eigenvalue weighted by molar-refractivity contribution is 1.07. The number of hydrogen-bond donors (Lipinski definition) is 0. The minimum absolute atomic E-state index is 0.615. The van der Waals surface area contributed by atoms with Crippen LogP contribution in [0.5, 0.6) is 0 Å². The van der Waals surface area contributed by atoms with Crippen molar-refractivity contribution in [2.24, 2.45) is 0 Å². The van der Waals surface area contributed by atoms with Gasteiger partial charge in [-0.25, -0.2) is 15.0 Å². The van der Waals surface area contributed by atoms with Crippen molar-refractivity contribution in [3.05, 3.63) is 346 Å². The van der Waals surface area contributed by atoms with Crippen LogP contribution in [0.1, 0.15) is 0 Å². The molecule has 0 aliphatic rings. The van der Waals surface area contributed by atoms with Crippen LogP contribution in [0.4, 0.5) is 0 Å². The molecule has 1 aromatic heterocycles. The molecule has 0 spiro atoms. The van der Waals surface area contributed by atoms with Crippen molar-refractivity contribution in [2.75, 3.05) is 0 Å². The Labute approximate surface area is 478 Å². The Balaban J connectivity index is 0.984. The largest absolute Gasteiger partial charge is 0.208 e. The summed E-state index contributed by atoms with van der Waals surface area (Å²) in [6, 6.07) is 127. The molecule has 0 saturated carbocycles. The Morgan fingerprint density at radius 2 is 0.259 bits per heavy atom. The second kappa shape index (κ2) is 22.6. The van der Waals surface area contributed by atoms with E-state index in [9.17, 15) is 0 Å². The third kappa shape index (κ3) is 9.25. The third-order valence-electron chi connectivity index (χ3n) is 16.2. The molecule has 3 nitrogen and oxygen atoms in total. The van der Waals surface area contributed by atoms with E-state index in [0.29, 0.717) is 17.5 Å². The van der Waals surface area contributed by atoms with Crippen molar-refractivity contribution in [1.29, 1.82) is 0 Å². The van der Waals surface area contributed by atoms with Crippen molar-refractivity contribution in [3.8, 4) is 34.2 Å². The quantitative estimate of drug-likeness (QED) is 0.0761. The highest BCUT2D eigenvalue weighted by molar-refractivity contribution is 7.21. The third-order valence-corrected chi connectivity index (χ3v) is 30.6. The van der Waals surface area contributed by atoms with E-state index in [2.05, 4.69) is 346 Å². The first kappa shape index (κ1) is 50.8. The molecule has 0 N–H and O–H groups in total. The Hall–Kier alpha value is -9.70. The zero-order chi connectivity index (χ0) is 54.3. The second-order valence-electron chi connectivity index (χ2n) is 20.6. The zero-order valence-corrected chi connectivity index (χ0v) is 47.8. The number of hydrogen-bond acceptors (Lipinski definition) is 3. The Kier molecular flexibility index (Phi) is 14.2. The molecule has 0 radical (unpaired) electrons. The summed E-state index contributed by atoms with van der Waals surface area (Å²) in [5, 5.41) is 15.7. The van der Waals surface area contributed by atoms with Crippen molar-refractivity contribution in [1.82, 2.24) is 15.0 Å². The monoisotopic (exact) mass is 1080 g/mol. The molecule has 384 valence electrons. The van der Waals surface area contributed by atoms with Crippen LogP contribution in [-0.4, -0.2) is 39.2 Å². The van der Waals surface area contributed by atoms with E-state index >= 15 is 0 Å². The van der Waals surface area contributed by atoms with E-state index in [-0.39, 0.29) is 0 Å². The maximum atomic E-state index is 5.42. The van der Waals surface area contributed by atoms with Crippen LogP contribution in [0.3, 0.4) is 0 Å². The predicted molar refractivity (Wildman–Crippen MR) is 347 cm³/mol. The molecule has 81 heavy (non-hydrogen) atoms. The van der Waals surface area contributed by atoms with E-state index in [4.69, 9.17) is 15.0 Å². The normalized spacial score (nSPS) is 11.7. The fraction of sp³-hybridized carbons (Fsp3) is 0. The first-order chi connectivity index (χ1) is 40.2. The van der Waals surface area contributed by atoms with E-state index in [1.807, 2.05) is 0 Å². The smallest absolute Gasteiger partial charge is 0.179 e. The molecule has 0 unspecified atom stereocenters. The van der Waals surface area contributed by atoms with Gasteiger partial charge in [0.25, 0.3) is 0 Å². The molecule has 0 aliphatic carbocycles. The first-order valence-electron chi connectivity index (χ1n) is 27.8. The van der Waals surface area contributed by atoms with E-state index in [1.54, 1.807) is 0 Å². The number of nitrogens with zero attached hydrogens (tertiary/aromatic N) is 3. The molecular weight excluding hydrogens is 1030 g/mol. The molecule has 1 heterocycles. The summed E-state index contributed by atoms with van der Waals surface area (Å²) < 4.78 is 0. The van der Waals surface area contributed by atoms with Gasteiger partial charge in [-0.05, 0) is 62.2 Å². The maximum Gasteiger partial charge on any atom is 0.179 e. The van der Waals surface area contributed by atoms with Gasteiger partial charge in [0.05, 0.1) is 0 Å². The van der Waals surface area contributed by atoms with Gasteiger partial charge in [-0.2, -0.15) is 0 Å². The van der Waals surface area contributed by atoms with Gasteiger partial charge in [-0.1, -0.05) is 346 Å². The molecular formula is C75H57N3Si3. The lowest BCUT2D eigenvalue weighted by Crippen LogP contribution is -2.74. The van der Waals surface area contributed by atoms with Gasteiger partial charge >= 0.3 is 0 Å². The minimum atomic E-state index is -2.79. The lowest BCUT2D eigenvalue weighted by atomic mass is 10.1. The number of rotatable bonds is 15. The van der Waals surface area contributed by atoms with Crippen molar-refractivity contribution >= 4 is 86.5 Å². The van der Waals surface area contributed by atoms with Crippen LogP contribution >= 0.6 is 0 Å². The fourth-order valence-electron chi connectivity index (χ4n) is 12.6. The van der Waals surface area contributed by atoms with E-state index in [1.165, 1.54) is 62.2 Å². The van der Waals surface area contributed by atoms with Gasteiger partial charge in [-0.15, -0.1) is 0 Å². The summed E-state index contributed by atoms with van der Waals surface area (Å²) in [6.07, 6.45) is 0. The Morgan fingerprint density at radius 1 is 0.136 bits per heavy atom. The molecule has 13 aromatic rings. The van der Waals surface area contributed by atoms with Crippen LogP contribution in [0.25, 0.3) is 34.2 Å². The summed E-state index contributed by atoms with van der Waals surface area (Å²) in [5.74, 6) is 1.85. The second-order valence-corrected chi connectivity index (χ2v) is 32.0. The standard InChI is InChI=1S/C75H57N3Si3/c1-10-28-61(29-11-1)79(62-30-12-2-13-31-62,63-32-14-3-15-33-63)70-52-46-58(47-53-70)73-76-74(59-48-54-71(55-49-59)80(64-34-16-4-17-35-64,65-36-18-5-19-37-65)66-38-20-6-21-39-66)78-75(77-73)60-50-56-72(57-51-60)81(67-40-22-7-23-41-67,68-42-24-8-25-43-68)69-44-26-9-27-45-69/h1-57H. The molecule has 0 amide bonds. The molecule has 0 fully saturated rings. The summed E-state index contributed by atoms with van der Waals surface area (Å²) >= 11 is 0. The van der Waals surface area contributed by atoms with Gasteiger partial charge in [0.15, 0.2) is 41.7 Å². The predicted octanol–water partition coefficient (Wildman–Crippen LogP) is 9.00. The minimum Gasteiger partial charge on any atom is -0.208 e. The summed E-state index contributed by atoms with van der Waals surface area (Å²) in [5.41, 5.74) is 2.75. The van der Waals surface area contributed by atoms with Crippen LogP contribution < -0.4 is 62.2 Å². The van der Waals surface area contributed by atoms with Gasteiger partial charge in [0.1, 0.15) is 0 Å². The molecule has 0 saturated heterocycles. The molecule has 0 atom stereocenters. The van der Waals surface area contributed by atoms with Crippen LogP contribution in [0.2, 0.25) is 0 Å². The van der Waals surface area contributed by atoms with E-state index < -0.39 is 24.2 Å². The molecule has 0 aliphatic heterocycles. The summed E-state index contributed by atoms with van der Waals surface area (Å²) in [7, 11) is -8.36. The van der Waals surface area contributed by atoms with Gasteiger partial charge in [-0.3, -0.25) is 0 Å². The molecule has 13 rings (SSSR count). The van der Waals surface area contributed by atoms with E-state index in [0.717, 1.165) is 16.7 Å². The first-order valence-corrected chi connectivity index (χ1v) is 33.8. The highest BCUT2D eigenvalue weighted by Crippen LogP contribution is 2.26. The Morgan fingerprint density at radius 3 is 0.395 bits per heavy atom. The van der Waals surface area contributed by atoms with Crippen molar-refractivity contribution in [3.63, 3.8) is 0 Å². The fourth-order valence-corrected chi connectivity index (χ4v) is 26.8. The molecule has 0 bridgehead atoms. The van der Waals surface area contributed by atoms with Gasteiger partial charge in [0, 0.05) is 16.7 Å². The maximum absolute atomic E-state index is 5.42. The lowest BCUT2D eigenvalue weighted by Gasteiger charge is -2.34. The van der Waals surface area contributed by atoms with Crippen molar-refractivity contribution < 1.29 is 0 Å². The highest BCUT2D eigenvalue weighted by Gasteiger charge is 2.44. The van der Waals surface area contributed by atoms with Crippen LogP contribution in [0, 0.1) is 0 Å². The van der Waals surface area contributed by atoms with Crippen LogP contribution in [0.15, 0.2) is 346 Å². The number of benzene rings is 12. The van der Waals surface area contributed by atoms with Gasteiger partial charge in [0.2, 0.25) is 0 Å². The number of aromatic nitrogens is 3. The average molecular weight is 1080 g/mol. The topological polar surface area (TPSA) is 38.7 Å². The molecule has 12 aromatic carbocycles. The van der Waals surface area contributed by atoms with Crippen molar-refractivity contribution in [2.45, 2.75) is 0 Å². The molecule has 6 heteroatoms. The Bertz CT molecular complexity index is 3410.